The molecule has 21 heavy (non-hydrogen) atoms. The van der Waals surface area contributed by atoms with Gasteiger partial charge in [0, 0.05) is 6.54 Å². The third-order valence-electron chi connectivity index (χ3n) is 4.10. The maximum Gasteiger partial charge on any atom is 0.401 e. The zero-order chi connectivity index (χ0) is 15.7. The van der Waals surface area contributed by atoms with Crippen LogP contribution in [0.3, 0.4) is 0 Å². The minimum absolute atomic E-state index is 0.130. The fourth-order valence-electron chi connectivity index (χ4n) is 2.71. The second-order valence-corrected chi connectivity index (χ2v) is 7.47. The van der Waals surface area contributed by atoms with Crippen LogP contribution >= 0.6 is 23.2 Å². The normalized spacial score (nSPS) is 26.6. The van der Waals surface area contributed by atoms with E-state index in [1.54, 1.807) is 0 Å². The summed E-state index contributed by atoms with van der Waals surface area (Å²) in [5.74, 6) is -0.0882. The van der Waals surface area contributed by atoms with E-state index in [0.717, 1.165) is 19.3 Å². The van der Waals surface area contributed by atoms with Crippen LogP contribution in [0.15, 0.2) is 0 Å². The smallest absolute Gasteiger partial charge is 0.356 e. The fourth-order valence-corrected chi connectivity index (χ4v) is 3.21. The summed E-state index contributed by atoms with van der Waals surface area (Å²) >= 11 is 11.6. The molecule has 1 amide bonds. The zero-order valence-electron chi connectivity index (χ0n) is 11.6. The van der Waals surface area contributed by atoms with Gasteiger partial charge in [0.1, 0.15) is 4.33 Å². The minimum atomic E-state index is -4.12. The third kappa shape index (κ3) is 5.49. The molecule has 0 aromatic rings. The molecule has 2 fully saturated rings. The molecule has 1 aliphatic heterocycles. The molecule has 2 rings (SSSR count). The summed E-state index contributed by atoms with van der Waals surface area (Å²) in [4.78, 5) is 13.1. The van der Waals surface area contributed by atoms with Crippen molar-refractivity contribution in [3.8, 4) is 0 Å². The molecule has 1 heterocycles. The molecule has 1 saturated heterocycles. The lowest BCUT2D eigenvalue weighted by molar-refractivity contribution is -0.148. The Morgan fingerprint density at radius 1 is 1.29 bits per heavy atom. The molecule has 3 nitrogen and oxygen atoms in total. The first-order chi connectivity index (χ1) is 9.67. The molecule has 1 N–H and O–H groups in total. The van der Waals surface area contributed by atoms with Crippen molar-refractivity contribution in [3.63, 3.8) is 0 Å². The Morgan fingerprint density at radius 2 is 1.86 bits per heavy atom. The van der Waals surface area contributed by atoms with Gasteiger partial charge in [0.2, 0.25) is 5.91 Å². The molecular formula is C13H19Cl2F3N2O. The minimum Gasteiger partial charge on any atom is -0.356 e. The van der Waals surface area contributed by atoms with Crippen LogP contribution < -0.4 is 5.32 Å². The van der Waals surface area contributed by atoms with E-state index in [-0.39, 0.29) is 11.8 Å². The van der Waals surface area contributed by atoms with Gasteiger partial charge < -0.3 is 5.32 Å². The van der Waals surface area contributed by atoms with E-state index in [2.05, 4.69) is 5.32 Å². The Morgan fingerprint density at radius 3 is 2.33 bits per heavy atom. The largest absolute Gasteiger partial charge is 0.401 e. The number of nitrogens with zero attached hydrogens (tertiary/aromatic N) is 1. The Bertz CT molecular complexity index is 382. The molecule has 0 spiro atoms. The van der Waals surface area contributed by atoms with Gasteiger partial charge in [-0.3, -0.25) is 9.69 Å². The summed E-state index contributed by atoms with van der Waals surface area (Å²) in [6.07, 6.45) is -1.37. The fraction of sp³-hybridized carbons (Fsp3) is 0.923. The van der Waals surface area contributed by atoms with Crippen molar-refractivity contribution >= 4 is 29.1 Å². The van der Waals surface area contributed by atoms with E-state index in [1.807, 2.05) is 0 Å². The second kappa shape index (κ2) is 6.50. The summed E-state index contributed by atoms with van der Waals surface area (Å²) in [7, 11) is 0. The van der Waals surface area contributed by atoms with E-state index >= 15 is 0 Å². The lowest BCUT2D eigenvalue weighted by Crippen LogP contribution is -2.40. The maximum atomic E-state index is 12.3. The van der Waals surface area contributed by atoms with Crippen molar-refractivity contribution in [1.82, 2.24) is 10.2 Å². The number of hydrogen-bond acceptors (Lipinski definition) is 2. The monoisotopic (exact) mass is 346 g/mol. The van der Waals surface area contributed by atoms with Crippen molar-refractivity contribution < 1.29 is 18.0 Å². The highest BCUT2D eigenvalue weighted by molar-refractivity contribution is 6.52. The number of halogens is 5. The van der Waals surface area contributed by atoms with E-state index in [9.17, 15) is 18.0 Å². The van der Waals surface area contributed by atoms with Crippen LogP contribution in [0.1, 0.15) is 25.7 Å². The first-order valence-electron chi connectivity index (χ1n) is 7.12. The van der Waals surface area contributed by atoms with Gasteiger partial charge >= 0.3 is 6.18 Å². The highest BCUT2D eigenvalue weighted by Crippen LogP contribution is 2.53. The van der Waals surface area contributed by atoms with E-state index in [4.69, 9.17) is 23.2 Å². The summed E-state index contributed by atoms with van der Waals surface area (Å²) in [6, 6.07) is 0. The topological polar surface area (TPSA) is 32.3 Å². The Labute approximate surface area is 132 Å². The van der Waals surface area contributed by atoms with Crippen LogP contribution in [0.25, 0.3) is 0 Å². The Kier molecular flexibility index (Phi) is 5.31. The third-order valence-corrected chi connectivity index (χ3v) is 4.94. The molecule has 2 aliphatic rings. The lowest BCUT2D eigenvalue weighted by atomic mass is 9.93. The van der Waals surface area contributed by atoms with Crippen molar-refractivity contribution in [1.29, 1.82) is 0 Å². The van der Waals surface area contributed by atoms with Gasteiger partial charge in [0.25, 0.3) is 0 Å². The number of carbonyl (C=O) groups excluding carboxylic acids is 1. The van der Waals surface area contributed by atoms with Crippen LogP contribution in [0.4, 0.5) is 13.2 Å². The molecule has 0 radical (unpaired) electrons. The average Bonchev–Trinajstić information content (AvgIpc) is 2.99. The predicted octanol–water partition coefficient (Wildman–Crippen LogP) is 2.96. The quantitative estimate of drug-likeness (QED) is 0.776. The number of rotatable bonds is 5. The number of nitrogens with one attached hydrogen (secondary N) is 1. The van der Waals surface area contributed by atoms with Crippen molar-refractivity contribution in [3.05, 3.63) is 0 Å². The van der Waals surface area contributed by atoms with Crippen LogP contribution in [0, 0.1) is 11.8 Å². The van der Waals surface area contributed by atoms with Crippen molar-refractivity contribution in [2.75, 3.05) is 26.2 Å². The lowest BCUT2D eigenvalue weighted by Gasteiger charge is -2.32. The Balaban J connectivity index is 1.58. The zero-order valence-corrected chi connectivity index (χ0v) is 13.1. The van der Waals surface area contributed by atoms with Gasteiger partial charge in [-0.25, -0.2) is 0 Å². The molecule has 0 aromatic carbocycles. The highest BCUT2D eigenvalue weighted by atomic mass is 35.5. The Hall–Kier alpha value is -0.200. The molecule has 1 aliphatic carbocycles. The van der Waals surface area contributed by atoms with E-state index in [0.29, 0.717) is 32.0 Å². The first kappa shape index (κ1) is 17.2. The maximum absolute atomic E-state index is 12.3. The van der Waals surface area contributed by atoms with Crippen LogP contribution in [-0.4, -0.2) is 47.5 Å². The molecular weight excluding hydrogens is 328 g/mol. The molecule has 122 valence electrons. The number of hydrogen-bond donors (Lipinski definition) is 1. The van der Waals surface area contributed by atoms with E-state index < -0.39 is 17.1 Å². The molecule has 1 saturated carbocycles. The predicted molar refractivity (Wildman–Crippen MR) is 75.4 cm³/mol. The van der Waals surface area contributed by atoms with Crippen molar-refractivity contribution in [2.24, 2.45) is 11.8 Å². The van der Waals surface area contributed by atoms with Crippen LogP contribution in [0.2, 0.25) is 0 Å². The van der Waals surface area contributed by atoms with E-state index in [1.165, 1.54) is 4.90 Å². The van der Waals surface area contributed by atoms with Crippen LogP contribution in [0.5, 0.6) is 0 Å². The molecule has 0 unspecified atom stereocenters. The summed E-state index contributed by atoms with van der Waals surface area (Å²) < 4.78 is 35.9. The summed E-state index contributed by atoms with van der Waals surface area (Å²) in [5, 5.41) is 2.80. The van der Waals surface area contributed by atoms with Gasteiger partial charge in [-0.2, -0.15) is 13.2 Å². The number of alkyl halides is 5. The molecule has 1 atom stereocenters. The van der Waals surface area contributed by atoms with Gasteiger partial charge in [-0.15, -0.1) is 23.2 Å². The number of likely N-dealkylation sites (tertiary alicyclic amines) is 1. The number of carbonyl (C=O) groups is 1. The highest BCUT2D eigenvalue weighted by Gasteiger charge is 2.56. The standard InChI is InChI=1S/C13H19Cl2F3N2O/c14-12(15)7-10(12)11(21)19-4-1-9-2-5-20(6-3-9)8-13(16,17)18/h9-10H,1-8H2,(H,19,21)/t10-/m1/s1. The average molecular weight is 347 g/mol. The molecule has 8 heteroatoms. The first-order valence-corrected chi connectivity index (χ1v) is 7.87. The summed E-state index contributed by atoms with van der Waals surface area (Å²) in [6.45, 7) is 0.634. The van der Waals surface area contributed by atoms with Gasteiger partial charge in [-0.1, -0.05) is 0 Å². The van der Waals surface area contributed by atoms with Gasteiger partial charge in [0.15, 0.2) is 0 Å². The number of amides is 1. The number of piperidine rings is 1. The van der Waals surface area contributed by atoms with Crippen LogP contribution in [-0.2, 0) is 4.79 Å². The second-order valence-electron chi connectivity index (χ2n) is 5.93. The SMILES string of the molecule is O=C(NCCC1CCN(CC(F)(F)F)CC1)[C@H]1CC1(Cl)Cl. The molecule has 0 aromatic heterocycles. The summed E-state index contributed by atoms with van der Waals surface area (Å²) in [5.41, 5.74) is 0. The van der Waals surface area contributed by atoms with Gasteiger partial charge in [-0.05, 0) is 44.7 Å². The van der Waals surface area contributed by atoms with Crippen molar-refractivity contribution in [2.45, 2.75) is 36.2 Å². The molecule has 0 bridgehead atoms. The van der Waals surface area contributed by atoms with Gasteiger partial charge in [0.05, 0.1) is 12.5 Å².